The van der Waals surface area contributed by atoms with Crippen LogP contribution in [0.1, 0.15) is 41.3 Å². The van der Waals surface area contributed by atoms with Crippen molar-refractivity contribution in [1.82, 2.24) is 10.3 Å². The van der Waals surface area contributed by atoms with Crippen LogP contribution in [0.25, 0.3) is 10.9 Å². The van der Waals surface area contributed by atoms with Crippen molar-refractivity contribution in [1.29, 1.82) is 0 Å². The van der Waals surface area contributed by atoms with Gasteiger partial charge in [-0.3, -0.25) is 4.79 Å². The fourth-order valence-electron chi connectivity index (χ4n) is 3.99. The lowest BCUT2D eigenvalue weighted by Crippen LogP contribution is -2.35. The summed E-state index contributed by atoms with van der Waals surface area (Å²) in [5.74, 6) is 1.51. The monoisotopic (exact) mass is 373 g/mol. The summed E-state index contributed by atoms with van der Waals surface area (Å²) in [5.41, 5.74) is 3.90. The minimum Gasteiger partial charge on any atom is -0.356 e. The molecule has 1 aromatic heterocycles. The van der Waals surface area contributed by atoms with Crippen LogP contribution in [-0.2, 0) is 6.54 Å². The number of pyridine rings is 1. The number of benzene rings is 2. The van der Waals surface area contributed by atoms with E-state index in [1.54, 1.807) is 0 Å². The lowest BCUT2D eigenvalue weighted by Gasteiger charge is -2.32. The molecule has 1 fully saturated rings. The van der Waals surface area contributed by atoms with Crippen molar-refractivity contribution < 1.29 is 4.79 Å². The molecule has 1 amide bonds. The highest BCUT2D eigenvalue weighted by Gasteiger charge is 2.20. The van der Waals surface area contributed by atoms with Crippen LogP contribution in [0.4, 0.5) is 5.82 Å². The molecule has 1 unspecified atom stereocenters. The zero-order valence-electron chi connectivity index (χ0n) is 16.6. The minimum atomic E-state index is -0.0480. The Balaban J connectivity index is 1.64. The number of fused-ring (bicyclic) bond motifs is 1. The van der Waals surface area contributed by atoms with E-state index < -0.39 is 0 Å². The Morgan fingerprint density at radius 1 is 1.18 bits per heavy atom. The number of nitrogens with one attached hydrogen (secondary N) is 1. The number of amides is 1. The number of para-hydroxylation sites is 1. The molecule has 2 aromatic carbocycles. The highest BCUT2D eigenvalue weighted by atomic mass is 16.1. The molecule has 4 heteroatoms. The van der Waals surface area contributed by atoms with Crippen molar-refractivity contribution in [3.8, 4) is 0 Å². The van der Waals surface area contributed by atoms with Crippen LogP contribution in [0.2, 0.25) is 0 Å². The van der Waals surface area contributed by atoms with Crippen molar-refractivity contribution in [2.75, 3.05) is 18.0 Å². The largest absolute Gasteiger partial charge is 0.356 e. The molecule has 0 bridgehead atoms. The van der Waals surface area contributed by atoms with Crippen LogP contribution in [0, 0.1) is 12.8 Å². The summed E-state index contributed by atoms with van der Waals surface area (Å²) in [4.78, 5) is 20.3. The first-order valence-electron chi connectivity index (χ1n) is 10.1. The van der Waals surface area contributed by atoms with Gasteiger partial charge in [-0.05, 0) is 48.9 Å². The third-order valence-corrected chi connectivity index (χ3v) is 5.63. The smallest absolute Gasteiger partial charge is 0.252 e. The van der Waals surface area contributed by atoms with E-state index in [4.69, 9.17) is 4.98 Å². The molecule has 0 spiro atoms. The quantitative estimate of drug-likeness (QED) is 0.720. The molecular formula is C24H27N3O. The van der Waals surface area contributed by atoms with Gasteiger partial charge in [-0.1, -0.05) is 49.4 Å². The third-order valence-electron chi connectivity index (χ3n) is 5.63. The number of rotatable bonds is 4. The normalized spacial score (nSPS) is 16.9. The average molecular weight is 374 g/mol. The first kappa shape index (κ1) is 18.5. The number of aromatic nitrogens is 1. The van der Waals surface area contributed by atoms with E-state index >= 15 is 0 Å². The zero-order valence-corrected chi connectivity index (χ0v) is 16.6. The van der Waals surface area contributed by atoms with E-state index in [-0.39, 0.29) is 5.91 Å². The molecule has 1 N–H and O–H groups in total. The molecule has 3 aromatic rings. The second kappa shape index (κ2) is 8.01. The molecule has 0 radical (unpaired) electrons. The zero-order chi connectivity index (χ0) is 19.5. The molecule has 1 saturated heterocycles. The van der Waals surface area contributed by atoms with Crippen LogP contribution < -0.4 is 10.2 Å². The number of carbonyl (C=O) groups is 1. The average Bonchev–Trinajstić information content (AvgIpc) is 2.72. The van der Waals surface area contributed by atoms with Gasteiger partial charge in [0.25, 0.3) is 5.91 Å². The standard InChI is InChI=1S/C24H27N3O/c1-17-8-7-13-27(16-17)23-14-21(20-11-5-6-12-22(20)26-23)24(28)25-15-19-10-4-3-9-18(19)2/h3-6,9-12,14,17H,7-8,13,15-16H2,1-2H3,(H,25,28). The van der Waals surface area contributed by atoms with Gasteiger partial charge in [0.1, 0.15) is 5.82 Å². The number of piperidine rings is 1. The van der Waals surface area contributed by atoms with Gasteiger partial charge in [-0.2, -0.15) is 0 Å². The van der Waals surface area contributed by atoms with Crippen molar-refractivity contribution in [3.05, 3.63) is 71.3 Å². The van der Waals surface area contributed by atoms with Gasteiger partial charge < -0.3 is 10.2 Å². The van der Waals surface area contributed by atoms with Crippen molar-refractivity contribution in [3.63, 3.8) is 0 Å². The highest BCUT2D eigenvalue weighted by molar-refractivity contribution is 6.07. The second-order valence-electron chi connectivity index (χ2n) is 7.85. The van der Waals surface area contributed by atoms with Gasteiger partial charge in [0, 0.05) is 25.0 Å². The Hall–Kier alpha value is -2.88. The maximum absolute atomic E-state index is 13.1. The SMILES string of the molecule is Cc1ccccc1CNC(=O)c1cc(N2CCCC(C)C2)nc2ccccc12. The Bertz CT molecular complexity index is 998. The van der Waals surface area contributed by atoms with Gasteiger partial charge in [0.2, 0.25) is 0 Å². The summed E-state index contributed by atoms with van der Waals surface area (Å²) >= 11 is 0. The van der Waals surface area contributed by atoms with E-state index in [1.807, 2.05) is 42.5 Å². The van der Waals surface area contributed by atoms with Crippen LogP contribution in [0.3, 0.4) is 0 Å². The van der Waals surface area contributed by atoms with Crippen LogP contribution in [-0.4, -0.2) is 24.0 Å². The maximum atomic E-state index is 13.1. The second-order valence-corrected chi connectivity index (χ2v) is 7.85. The van der Waals surface area contributed by atoms with Gasteiger partial charge in [-0.25, -0.2) is 4.98 Å². The topological polar surface area (TPSA) is 45.2 Å². The van der Waals surface area contributed by atoms with Crippen LogP contribution in [0.15, 0.2) is 54.6 Å². The number of aryl methyl sites for hydroxylation is 1. The van der Waals surface area contributed by atoms with E-state index in [2.05, 4.69) is 36.2 Å². The molecule has 4 nitrogen and oxygen atoms in total. The number of hydrogen-bond donors (Lipinski definition) is 1. The molecule has 0 aliphatic carbocycles. The Labute approximate surface area is 166 Å². The predicted octanol–water partition coefficient (Wildman–Crippen LogP) is 4.71. The van der Waals surface area contributed by atoms with Gasteiger partial charge in [0.15, 0.2) is 0 Å². The molecule has 2 heterocycles. The van der Waals surface area contributed by atoms with Crippen LogP contribution in [0.5, 0.6) is 0 Å². The molecule has 144 valence electrons. The number of hydrogen-bond acceptors (Lipinski definition) is 3. The summed E-state index contributed by atoms with van der Waals surface area (Å²) < 4.78 is 0. The van der Waals surface area contributed by atoms with Gasteiger partial charge in [-0.15, -0.1) is 0 Å². The third kappa shape index (κ3) is 3.86. The first-order chi connectivity index (χ1) is 13.6. The van der Waals surface area contributed by atoms with E-state index in [1.165, 1.54) is 18.4 Å². The summed E-state index contributed by atoms with van der Waals surface area (Å²) in [6.45, 7) is 6.87. The number of nitrogens with zero attached hydrogens (tertiary/aromatic N) is 2. The summed E-state index contributed by atoms with van der Waals surface area (Å²) in [5, 5.41) is 4.00. The number of carbonyl (C=O) groups excluding carboxylic acids is 1. The summed E-state index contributed by atoms with van der Waals surface area (Å²) in [6.07, 6.45) is 2.43. The Morgan fingerprint density at radius 3 is 2.79 bits per heavy atom. The Morgan fingerprint density at radius 2 is 1.96 bits per heavy atom. The molecule has 4 rings (SSSR count). The predicted molar refractivity (Wildman–Crippen MR) is 115 cm³/mol. The maximum Gasteiger partial charge on any atom is 0.252 e. The fraction of sp³-hybridized carbons (Fsp3) is 0.333. The minimum absolute atomic E-state index is 0.0480. The molecule has 1 atom stereocenters. The molecule has 28 heavy (non-hydrogen) atoms. The van der Waals surface area contributed by atoms with Crippen molar-refractivity contribution in [2.45, 2.75) is 33.2 Å². The van der Waals surface area contributed by atoms with Crippen LogP contribution >= 0.6 is 0 Å². The first-order valence-corrected chi connectivity index (χ1v) is 10.1. The molecule has 1 aliphatic rings. The molecule has 1 aliphatic heterocycles. The van der Waals surface area contributed by atoms with Crippen molar-refractivity contribution in [2.24, 2.45) is 5.92 Å². The summed E-state index contributed by atoms with van der Waals surface area (Å²) in [6, 6.07) is 18.0. The van der Waals surface area contributed by atoms with E-state index in [9.17, 15) is 4.79 Å². The number of anilines is 1. The fourth-order valence-corrected chi connectivity index (χ4v) is 3.99. The van der Waals surface area contributed by atoms with E-state index in [0.717, 1.165) is 35.4 Å². The highest BCUT2D eigenvalue weighted by Crippen LogP contribution is 2.26. The molecular weight excluding hydrogens is 346 g/mol. The molecule has 0 saturated carbocycles. The van der Waals surface area contributed by atoms with Gasteiger partial charge in [0.05, 0.1) is 11.1 Å². The van der Waals surface area contributed by atoms with Gasteiger partial charge >= 0.3 is 0 Å². The lowest BCUT2D eigenvalue weighted by molar-refractivity contribution is 0.0952. The van der Waals surface area contributed by atoms with E-state index in [0.29, 0.717) is 18.0 Å². The lowest BCUT2D eigenvalue weighted by atomic mass is 10.00. The summed E-state index contributed by atoms with van der Waals surface area (Å²) in [7, 11) is 0. The van der Waals surface area contributed by atoms with Crippen molar-refractivity contribution >= 4 is 22.6 Å². The Kier molecular flexibility index (Phi) is 5.29.